The van der Waals surface area contributed by atoms with Crippen molar-refractivity contribution in [2.75, 3.05) is 6.61 Å². The molecule has 0 aliphatic carbocycles. The predicted octanol–water partition coefficient (Wildman–Crippen LogP) is -1.10. The number of aliphatic hydroxyl groups is 6. The number of rotatable bonds is 6. The van der Waals surface area contributed by atoms with Crippen molar-refractivity contribution in [1.82, 2.24) is 0 Å². The zero-order valence-corrected chi connectivity index (χ0v) is 21.5. The molecule has 0 unspecified atom stereocenters. The molecule has 14 nitrogen and oxygen atoms in total. The molecule has 2 fully saturated rings. The molecule has 0 saturated carbocycles. The van der Waals surface area contributed by atoms with Crippen LogP contribution in [0, 0.1) is 0 Å². The van der Waals surface area contributed by atoms with Crippen molar-refractivity contribution in [2.24, 2.45) is 0 Å². The molecular weight excluding hydrogens is 548 g/mol. The lowest BCUT2D eigenvalue weighted by Crippen LogP contribution is -2.61. The monoisotopic (exact) mass is 578 g/mol. The van der Waals surface area contributed by atoms with E-state index >= 15 is 0 Å². The quantitative estimate of drug-likeness (QED) is 0.174. The standard InChI is InChI=1S/C27H30O14/c1-10-20(31)22(33)24(35)26(38-10)37-9-18-21(32)23(34)25(36)27(41-18)39-13-6-14(29)19-15(30)8-16(40-17(19)7-13)11-2-4-12(28)5-3-11/h2-8,10,18,20-29,31-36H,9H2,1H3/t10-,18-,20-,21+,22+,23+,24-,25+,26+,27+/m0/s1. The summed E-state index contributed by atoms with van der Waals surface area (Å²) in [6.07, 6.45) is -14.9. The summed E-state index contributed by atoms with van der Waals surface area (Å²) in [6.45, 7) is 0.969. The number of phenolic OH excluding ortho intramolecular Hbond substituents is 2. The first kappa shape index (κ1) is 29.2. The molecular formula is C27H30O14. The lowest BCUT2D eigenvalue weighted by Gasteiger charge is -2.42. The summed E-state index contributed by atoms with van der Waals surface area (Å²) in [4.78, 5) is 12.7. The predicted molar refractivity (Wildman–Crippen MR) is 137 cm³/mol. The van der Waals surface area contributed by atoms with E-state index in [1.807, 2.05) is 0 Å². The van der Waals surface area contributed by atoms with Gasteiger partial charge in [0.15, 0.2) is 11.7 Å². The Balaban J connectivity index is 1.35. The molecule has 10 atom stereocenters. The van der Waals surface area contributed by atoms with Crippen LogP contribution in [0.1, 0.15) is 6.92 Å². The van der Waals surface area contributed by atoms with Crippen molar-refractivity contribution in [1.29, 1.82) is 0 Å². The van der Waals surface area contributed by atoms with Gasteiger partial charge in [-0.05, 0) is 31.2 Å². The van der Waals surface area contributed by atoms with Crippen LogP contribution in [0.25, 0.3) is 22.3 Å². The molecule has 0 radical (unpaired) electrons. The van der Waals surface area contributed by atoms with E-state index in [1.165, 1.54) is 43.3 Å². The number of benzene rings is 2. The van der Waals surface area contributed by atoms with E-state index < -0.39 is 79.2 Å². The Morgan fingerprint density at radius 2 is 1.44 bits per heavy atom. The van der Waals surface area contributed by atoms with Crippen LogP contribution in [0.5, 0.6) is 17.2 Å². The van der Waals surface area contributed by atoms with E-state index in [2.05, 4.69) is 0 Å². The van der Waals surface area contributed by atoms with Crippen LogP contribution in [-0.2, 0) is 14.2 Å². The van der Waals surface area contributed by atoms with Crippen LogP contribution in [-0.4, -0.2) is 109 Å². The minimum atomic E-state index is -1.76. The Morgan fingerprint density at radius 1 is 0.780 bits per heavy atom. The van der Waals surface area contributed by atoms with E-state index in [-0.39, 0.29) is 28.2 Å². The second-order valence-corrected chi connectivity index (χ2v) is 9.98. The third-order valence-corrected chi connectivity index (χ3v) is 7.09. The van der Waals surface area contributed by atoms with Crippen molar-refractivity contribution in [3.63, 3.8) is 0 Å². The first-order valence-corrected chi connectivity index (χ1v) is 12.7. The number of hydrogen-bond acceptors (Lipinski definition) is 14. The van der Waals surface area contributed by atoms with Gasteiger partial charge in [-0.25, -0.2) is 0 Å². The van der Waals surface area contributed by atoms with E-state index in [0.717, 1.165) is 6.07 Å². The number of aliphatic hydroxyl groups excluding tert-OH is 6. The van der Waals surface area contributed by atoms with E-state index in [4.69, 9.17) is 23.4 Å². The van der Waals surface area contributed by atoms with Gasteiger partial charge in [0.1, 0.15) is 76.7 Å². The molecule has 3 aromatic rings. The lowest BCUT2D eigenvalue weighted by atomic mass is 9.98. The summed E-state index contributed by atoms with van der Waals surface area (Å²) in [5, 5.41) is 81.2. The molecule has 2 aromatic carbocycles. The Bertz CT molecular complexity index is 1420. The van der Waals surface area contributed by atoms with Crippen molar-refractivity contribution in [3.8, 4) is 28.6 Å². The molecule has 1 aromatic heterocycles. The highest BCUT2D eigenvalue weighted by molar-refractivity contribution is 5.86. The fourth-order valence-corrected chi connectivity index (χ4v) is 4.71. The van der Waals surface area contributed by atoms with Gasteiger partial charge in [0, 0.05) is 23.8 Å². The summed E-state index contributed by atoms with van der Waals surface area (Å²) in [5.41, 5.74) is -0.149. The Kier molecular flexibility index (Phi) is 8.20. The van der Waals surface area contributed by atoms with Crippen LogP contribution < -0.4 is 10.2 Å². The van der Waals surface area contributed by atoms with Gasteiger partial charge < -0.3 is 64.2 Å². The number of ether oxygens (including phenoxy) is 4. The fraction of sp³-hybridized carbons (Fsp3) is 0.444. The topological polar surface area (TPSA) is 229 Å². The number of hydrogen-bond donors (Lipinski definition) is 8. The van der Waals surface area contributed by atoms with Crippen molar-refractivity contribution in [2.45, 2.75) is 68.3 Å². The van der Waals surface area contributed by atoms with Crippen molar-refractivity contribution in [3.05, 3.63) is 52.7 Å². The third kappa shape index (κ3) is 5.74. The Hall–Kier alpha value is -3.31. The van der Waals surface area contributed by atoms with Gasteiger partial charge in [0.25, 0.3) is 0 Å². The maximum Gasteiger partial charge on any atom is 0.229 e. The highest BCUT2D eigenvalue weighted by atomic mass is 16.7. The summed E-state index contributed by atoms with van der Waals surface area (Å²) in [7, 11) is 0. The zero-order valence-electron chi connectivity index (χ0n) is 21.5. The molecule has 2 saturated heterocycles. The lowest BCUT2D eigenvalue weighted by molar-refractivity contribution is -0.318. The van der Waals surface area contributed by atoms with Crippen LogP contribution in [0.4, 0.5) is 0 Å². The summed E-state index contributed by atoms with van der Waals surface area (Å²) >= 11 is 0. The largest absolute Gasteiger partial charge is 0.508 e. The Labute approximate surface area is 231 Å². The van der Waals surface area contributed by atoms with E-state index in [1.54, 1.807) is 0 Å². The van der Waals surface area contributed by atoms with Gasteiger partial charge in [-0.1, -0.05) is 0 Å². The number of fused-ring (bicyclic) bond motifs is 1. The maximum atomic E-state index is 12.7. The van der Waals surface area contributed by atoms with E-state index in [9.17, 15) is 45.6 Å². The molecule has 222 valence electrons. The van der Waals surface area contributed by atoms with Gasteiger partial charge in [-0.15, -0.1) is 0 Å². The first-order valence-electron chi connectivity index (χ1n) is 12.7. The summed E-state index contributed by atoms with van der Waals surface area (Å²) < 4.78 is 27.9. The molecule has 2 aliphatic rings. The second-order valence-electron chi connectivity index (χ2n) is 9.98. The molecule has 41 heavy (non-hydrogen) atoms. The molecule has 8 N–H and O–H groups in total. The highest BCUT2D eigenvalue weighted by Crippen LogP contribution is 2.34. The zero-order chi connectivity index (χ0) is 29.6. The molecule has 5 rings (SSSR count). The van der Waals surface area contributed by atoms with Crippen molar-refractivity contribution < 1.29 is 64.2 Å². The molecule has 2 aliphatic heterocycles. The molecule has 0 amide bonds. The van der Waals surface area contributed by atoms with Gasteiger partial charge in [-0.2, -0.15) is 0 Å². The van der Waals surface area contributed by atoms with Crippen LogP contribution >= 0.6 is 0 Å². The normalized spacial score (nSPS) is 34.0. The number of aromatic hydroxyl groups is 2. The van der Waals surface area contributed by atoms with Crippen LogP contribution in [0.15, 0.2) is 51.7 Å². The van der Waals surface area contributed by atoms with E-state index in [0.29, 0.717) is 5.56 Å². The number of phenols is 2. The smallest absolute Gasteiger partial charge is 0.229 e. The van der Waals surface area contributed by atoms with Gasteiger partial charge in [-0.3, -0.25) is 4.79 Å². The van der Waals surface area contributed by atoms with Crippen LogP contribution in [0.3, 0.4) is 0 Å². The molecule has 14 heteroatoms. The highest BCUT2D eigenvalue weighted by Gasteiger charge is 2.47. The summed E-state index contributed by atoms with van der Waals surface area (Å²) in [6, 6.07) is 9.40. The van der Waals surface area contributed by atoms with Gasteiger partial charge in [0.05, 0.1) is 12.7 Å². The SMILES string of the molecule is C[C@@H]1O[C@@H](OC[C@@H]2O[C@@H](Oc3cc(O)c4c(=O)cc(-c5ccc(O)cc5)oc4c3)[C@H](O)[C@H](O)[C@@H]2O)[C@@H](O)[C@H](O)[C@H]1O. The van der Waals surface area contributed by atoms with Gasteiger partial charge in [0.2, 0.25) is 6.29 Å². The Morgan fingerprint density at radius 3 is 2.15 bits per heavy atom. The minimum absolute atomic E-state index is 0.0145. The second kappa shape index (κ2) is 11.5. The molecule has 3 heterocycles. The minimum Gasteiger partial charge on any atom is -0.508 e. The maximum absolute atomic E-state index is 12.7. The average molecular weight is 579 g/mol. The first-order chi connectivity index (χ1) is 19.4. The molecule has 0 bridgehead atoms. The third-order valence-electron chi connectivity index (χ3n) is 7.09. The van der Waals surface area contributed by atoms with Gasteiger partial charge >= 0.3 is 0 Å². The molecule has 0 spiro atoms. The van der Waals surface area contributed by atoms with Crippen LogP contribution in [0.2, 0.25) is 0 Å². The summed E-state index contributed by atoms with van der Waals surface area (Å²) in [5.74, 6) is -0.457. The average Bonchev–Trinajstić information content (AvgIpc) is 2.94. The fourth-order valence-electron chi connectivity index (χ4n) is 4.71. The van der Waals surface area contributed by atoms with Crippen molar-refractivity contribution >= 4 is 11.0 Å².